The zero-order valence-electron chi connectivity index (χ0n) is 7.47. The number of hydrogen-bond donors (Lipinski definition) is 0. The summed E-state index contributed by atoms with van der Waals surface area (Å²) in [5.74, 6) is 0. The van der Waals surface area contributed by atoms with E-state index < -0.39 is 0 Å². The number of hydrogen-bond acceptors (Lipinski definition) is 1. The van der Waals surface area contributed by atoms with E-state index in [4.69, 9.17) is 0 Å². The first-order valence-corrected chi connectivity index (χ1v) is 5.40. The molecule has 64 valence electrons. The minimum absolute atomic E-state index is 0.575. The minimum Gasteiger partial charge on any atom is -0.148 e. The summed E-state index contributed by atoms with van der Waals surface area (Å²) in [5.41, 5.74) is 1.86. The van der Waals surface area contributed by atoms with Crippen LogP contribution in [0, 0.1) is 0 Å². The molecule has 0 spiro atoms. The Kier molecular flexibility index (Phi) is 1.84. The van der Waals surface area contributed by atoms with Crippen LogP contribution >= 0.6 is 11.3 Å². The molecule has 0 unspecified atom stereocenters. The van der Waals surface area contributed by atoms with Crippen molar-refractivity contribution in [2.45, 2.75) is 31.6 Å². The normalized spacial score (nSPS) is 19.1. The lowest BCUT2D eigenvalue weighted by molar-refractivity contribution is 0.678. The van der Waals surface area contributed by atoms with E-state index >= 15 is 0 Å². The van der Waals surface area contributed by atoms with E-state index in [-0.39, 0.29) is 0 Å². The van der Waals surface area contributed by atoms with Gasteiger partial charge in [0.2, 0.25) is 0 Å². The fraction of sp³-hybridized carbons (Fsp3) is 0.455. The molecule has 0 amide bonds. The highest BCUT2D eigenvalue weighted by Gasteiger charge is 2.43. The standard InChI is InChI=1S/C11H14S/c1-3-9-7-10(12-8-9)11(4-2)5-6-11/h3,7-8H,1,4-6H2,2H3. The zero-order chi connectivity index (χ0) is 8.60. The molecule has 1 heterocycles. The quantitative estimate of drug-likeness (QED) is 0.660. The highest BCUT2D eigenvalue weighted by Crippen LogP contribution is 2.52. The summed E-state index contributed by atoms with van der Waals surface area (Å²) in [6.07, 6.45) is 6.01. The van der Waals surface area contributed by atoms with Crippen LogP contribution in [0.15, 0.2) is 18.0 Å². The Labute approximate surface area is 77.9 Å². The van der Waals surface area contributed by atoms with Crippen molar-refractivity contribution in [2.75, 3.05) is 0 Å². The minimum atomic E-state index is 0.575. The van der Waals surface area contributed by atoms with Crippen LogP contribution < -0.4 is 0 Å². The first kappa shape index (κ1) is 8.06. The lowest BCUT2D eigenvalue weighted by atomic mass is 10.0. The highest BCUT2D eigenvalue weighted by atomic mass is 32.1. The van der Waals surface area contributed by atoms with E-state index in [1.165, 1.54) is 24.8 Å². The SMILES string of the molecule is C=Cc1csc(C2(CC)CC2)c1. The largest absolute Gasteiger partial charge is 0.148 e. The molecule has 1 saturated carbocycles. The fourth-order valence-electron chi connectivity index (χ4n) is 1.66. The Morgan fingerprint density at radius 3 is 2.83 bits per heavy atom. The summed E-state index contributed by atoms with van der Waals surface area (Å²) in [7, 11) is 0. The molecule has 1 aromatic rings. The molecule has 1 heteroatoms. The monoisotopic (exact) mass is 178 g/mol. The van der Waals surface area contributed by atoms with E-state index in [0.29, 0.717) is 5.41 Å². The van der Waals surface area contributed by atoms with E-state index in [1.807, 2.05) is 17.4 Å². The van der Waals surface area contributed by atoms with Gasteiger partial charge in [0.05, 0.1) is 0 Å². The average molecular weight is 178 g/mol. The second kappa shape index (κ2) is 2.74. The van der Waals surface area contributed by atoms with Crippen molar-refractivity contribution < 1.29 is 0 Å². The summed E-state index contributed by atoms with van der Waals surface area (Å²) in [4.78, 5) is 1.57. The molecule has 0 aromatic carbocycles. The summed E-state index contributed by atoms with van der Waals surface area (Å²) in [5, 5.41) is 2.21. The van der Waals surface area contributed by atoms with E-state index in [1.54, 1.807) is 4.88 Å². The zero-order valence-corrected chi connectivity index (χ0v) is 8.29. The molecule has 0 bridgehead atoms. The Morgan fingerprint density at radius 1 is 1.67 bits per heavy atom. The van der Waals surface area contributed by atoms with E-state index in [9.17, 15) is 0 Å². The molecule has 0 saturated heterocycles. The van der Waals surface area contributed by atoms with Gasteiger partial charge in [0.25, 0.3) is 0 Å². The summed E-state index contributed by atoms with van der Waals surface area (Å²) in [6.45, 7) is 6.07. The fourth-order valence-corrected chi connectivity index (χ4v) is 2.89. The third kappa shape index (κ3) is 1.13. The third-order valence-electron chi connectivity index (χ3n) is 2.91. The van der Waals surface area contributed by atoms with Gasteiger partial charge in [0.15, 0.2) is 0 Å². The van der Waals surface area contributed by atoms with E-state index in [0.717, 1.165) is 0 Å². The van der Waals surface area contributed by atoms with Crippen molar-refractivity contribution in [1.82, 2.24) is 0 Å². The highest BCUT2D eigenvalue weighted by molar-refractivity contribution is 7.10. The molecule has 2 rings (SSSR count). The second-order valence-corrected chi connectivity index (χ2v) is 4.49. The van der Waals surface area contributed by atoms with E-state index in [2.05, 4.69) is 24.9 Å². The molecular weight excluding hydrogens is 164 g/mol. The van der Waals surface area contributed by atoms with Crippen LogP contribution in [0.2, 0.25) is 0 Å². The summed E-state index contributed by atoms with van der Waals surface area (Å²) < 4.78 is 0. The van der Waals surface area contributed by atoms with Gasteiger partial charge in [0.1, 0.15) is 0 Å². The topological polar surface area (TPSA) is 0 Å². The molecule has 0 N–H and O–H groups in total. The van der Waals surface area contributed by atoms with Crippen molar-refractivity contribution in [2.24, 2.45) is 0 Å². The van der Waals surface area contributed by atoms with Gasteiger partial charge in [-0.1, -0.05) is 19.6 Å². The third-order valence-corrected chi connectivity index (χ3v) is 4.10. The Morgan fingerprint density at radius 2 is 2.42 bits per heavy atom. The lowest BCUT2D eigenvalue weighted by Gasteiger charge is -2.07. The molecular formula is C11H14S. The smallest absolute Gasteiger partial charge is 0.0113 e. The van der Waals surface area contributed by atoms with Crippen molar-refractivity contribution in [3.8, 4) is 0 Å². The van der Waals surface area contributed by atoms with Crippen LogP contribution in [0.25, 0.3) is 6.08 Å². The molecule has 1 aliphatic rings. The van der Waals surface area contributed by atoms with Crippen LogP contribution in [0.1, 0.15) is 36.6 Å². The van der Waals surface area contributed by atoms with Crippen molar-refractivity contribution in [3.63, 3.8) is 0 Å². The predicted molar refractivity (Wildman–Crippen MR) is 55.6 cm³/mol. The van der Waals surface area contributed by atoms with Gasteiger partial charge < -0.3 is 0 Å². The maximum Gasteiger partial charge on any atom is 0.0113 e. The lowest BCUT2D eigenvalue weighted by Crippen LogP contribution is -2.00. The molecule has 1 aliphatic carbocycles. The Hall–Kier alpha value is -0.560. The maximum atomic E-state index is 3.78. The Bertz CT molecular complexity index is 292. The number of rotatable bonds is 3. The van der Waals surface area contributed by atoms with Gasteiger partial charge in [-0.2, -0.15) is 0 Å². The summed E-state index contributed by atoms with van der Waals surface area (Å²) in [6, 6.07) is 2.30. The van der Waals surface area contributed by atoms with Crippen LogP contribution in [-0.2, 0) is 5.41 Å². The van der Waals surface area contributed by atoms with Gasteiger partial charge in [-0.25, -0.2) is 0 Å². The molecule has 0 nitrogen and oxygen atoms in total. The predicted octanol–water partition coefficient (Wildman–Crippen LogP) is 3.83. The van der Waals surface area contributed by atoms with Crippen molar-refractivity contribution in [3.05, 3.63) is 28.5 Å². The maximum absolute atomic E-state index is 3.78. The molecule has 12 heavy (non-hydrogen) atoms. The second-order valence-electron chi connectivity index (χ2n) is 3.58. The molecule has 0 atom stereocenters. The molecule has 1 fully saturated rings. The first-order valence-electron chi connectivity index (χ1n) is 4.52. The van der Waals surface area contributed by atoms with Gasteiger partial charge in [-0.05, 0) is 36.3 Å². The van der Waals surface area contributed by atoms with Crippen molar-refractivity contribution >= 4 is 17.4 Å². The van der Waals surface area contributed by atoms with Gasteiger partial charge in [-0.15, -0.1) is 11.3 Å². The first-order chi connectivity index (χ1) is 5.80. The van der Waals surface area contributed by atoms with Gasteiger partial charge in [0, 0.05) is 10.3 Å². The van der Waals surface area contributed by atoms with Crippen LogP contribution in [-0.4, -0.2) is 0 Å². The Balaban J connectivity index is 2.28. The van der Waals surface area contributed by atoms with Crippen molar-refractivity contribution in [1.29, 1.82) is 0 Å². The average Bonchev–Trinajstić information content (AvgIpc) is 2.77. The molecule has 0 radical (unpaired) electrons. The van der Waals surface area contributed by atoms with Gasteiger partial charge in [-0.3, -0.25) is 0 Å². The molecule has 0 aliphatic heterocycles. The summed E-state index contributed by atoms with van der Waals surface area (Å²) >= 11 is 1.90. The van der Waals surface area contributed by atoms with Gasteiger partial charge >= 0.3 is 0 Å². The van der Waals surface area contributed by atoms with Crippen LogP contribution in [0.3, 0.4) is 0 Å². The van der Waals surface area contributed by atoms with Crippen LogP contribution in [0.5, 0.6) is 0 Å². The molecule has 1 aromatic heterocycles. The van der Waals surface area contributed by atoms with Crippen LogP contribution in [0.4, 0.5) is 0 Å². The number of thiophene rings is 1.